The molecule has 1 saturated heterocycles. The molecule has 1 fully saturated rings. The molecule has 1 aromatic rings. The zero-order valence-electron chi connectivity index (χ0n) is 9.89. The van der Waals surface area contributed by atoms with Crippen LogP contribution in [0.2, 0.25) is 0 Å². The quantitative estimate of drug-likeness (QED) is 0.765. The number of rotatable bonds is 4. The minimum absolute atomic E-state index is 0.226. The Labute approximate surface area is 109 Å². The Morgan fingerprint density at radius 2 is 2.33 bits per heavy atom. The van der Waals surface area contributed by atoms with Crippen molar-refractivity contribution in [3.63, 3.8) is 0 Å². The van der Waals surface area contributed by atoms with Crippen LogP contribution >= 0.6 is 11.3 Å². The van der Waals surface area contributed by atoms with Gasteiger partial charge in [-0.3, -0.25) is 4.79 Å². The van der Waals surface area contributed by atoms with E-state index in [1.807, 2.05) is 0 Å². The van der Waals surface area contributed by atoms with Crippen LogP contribution in [-0.2, 0) is 9.59 Å². The first kappa shape index (κ1) is 13.0. The summed E-state index contributed by atoms with van der Waals surface area (Å²) >= 11 is 1.33. The molecule has 1 aliphatic heterocycles. The summed E-state index contributed by atoms with van der Waals surface area (Å²) in [6, 6.07) is 2.29. The van der Waals surface area contributed by atoms with E-state index < -0.39 is 12.0 Å². The average Bonchev–Trinajstić information content (AvgIpc) is 2.90. The highest BCUT2D eigenvalue weighted by Gasteiger charge is 2.27. The van der Waals surface area contributed by atoms with E-state index in [9.17, 15) is 9.59 Å². The van der Waals surface area contributed by atoms with Crippen molar-refractivity contribution in [3.05, 3.63) is 22.4 Å². The van der Waals surface area contributed by atoms with Gasteiger partial charge >= 0.3 is 5.97 Å². The molecule has 0 aromatic carbocycles. The molecule has 2 rings (SSSR count). The SMILES string of the molecule is O=C(NC(C(=O)O)c1cccs1)C1CCCCN1. The van der Waals surface area contributed by atoms with Crippen molar-refractivity contribution in [1.29, 1.82) is 0 Å². The minimum atomic E-state index is -1.03. The molecule has 1 amide bonds. The molecular weight excluding hydrogens is 252 g/mol. The second kappa shape index (κ2) is 5.97. The van der Waals surface area contributed by atoms with Crippen molar-refractivity contribution in [1.82, 2.24) is 10.6 Å². The Morgan fingerprint density at radius 1 is 1.50 bits per heavy atom. The minimum Gasteiger partial charge on any atom is -0.479 e. The molecule has 2 atom stereocenters. The number of hydrogen-bond acceptors (Lipinski definition) is 4. The molecule has 1 aliphatic rings. The Bertz CT molecular complexity index is 413. The first-order valence-electron chi connectivity index (χ1n) is 5.98. The standard InChI is InChI=1S/C12H16N2O3S/c15-11(8-4-1-2-6-13-8)14-10(12(16)17)9-5-3-7-18-9/h3,5,7-8,10,13H,1-2,4,6H2,(H,14,15)(H,16,17). The van der Waals surface area contributed by atoms with E-state index in [-0.39, 0.29) is 11.9 Å². The molecule has 1 aromatic heterocycles. The van der Waals surface area contributed by atoms with Crippen LogP contribution in [0.15, 0.2) is 17.5 Å². The summed E-state index contributed by atoms with van der Waals surface area (Å²) in [6.07, 6.45) is 2.83. The van der Waals surface area contributed by atoms with Gasteiger partial charge in [0.25, 0.3) is 0 Å². The number of hydrogen-bond donors (Lipinski definition) is 3. The van der Waals surface area contributed by atoms with Gasteiger partial charge in [0.2, 0.25) is 5.91 Å². The lowest BCUT2D eigenvalue weighted by Gasteiger charge is -2.24. The molecule has 0 spiro atoms. The summed E-state index contributed by atoms with van der Waals surface area (Å²) in [6.45, 7) is 0.814. The highest BCUT2D eigenvalue weighted by Crippen LogP contribution is 2.19. The van der Waals surface area contributed by atoms with Crippen LogP contribution in [0.5, 0.6) is 0 Å². The van der Waals surface area contributed by atoms with Gasteiger partial charge < -0.3 is 15.7 Å². The van der Waals surface area contributed by atoms with Gasteiger partial charge in [0.05, 0.1) is 6.04 Å². The zero-order valence-corrected chi connectivity index (χ0v) is 10.7. The van der Waals surface area contributed by atoms with E-state index in [0.717, 1.165) is 25.8 Å². The van der Waals surface area contributed by atoms with Crippen LogP contribution < -0.4 is 10.6 Å². The fourth-order valence-corrected chi connectivity index (χ4v) is 2.80. The van der Waals surface area contributed by atoms with Crippen molar-refractivity contribution in [2.45, 2.75) is 31.3 Å². The molecule has 18 heavy (non-hydrogen) atoms. The van der Waals surface area contributed by atoms with E-state index in [2.05, 4.69) is 10.6 Å². The summed E-state index contributed by atoms with van der Waals surface area (Å²) in [5, 5.41) is 16.7. The number of amides is 1. The molecule has 5 nitrogen and oxygen atoms in total. The van der Waals surface area contributed by atoms with Crippen molar-refractivity contribution < 1.29 is 14.7 Å². The Morgan fingerprint density at radius 3 is 2.89 bits per heavy atom. The highest BCUT2D eigenvalue weighted by atomic mass is 32.1. The topological polar surface area (TPSA) is 78.4 Å². The number of aliphatic carboxylic acids is 1. The Hall–Kier alpha value is -1.40. The van der Waals surface area contributed by atoms with Gasteiger partial charge in [-0.2, -0.15) is 0 Å². The predicted octanol–water partition coefficient (Wildman–Crippen LogP) is 1.13. The molecule has 0 saturated carbocycles. The van der Waals surface area contributed by atoms with Crippen LogP contribution in [0.4, 0.5) is 0 Å². The van der Waals surface area contributed by atoms with Gasteiger partial charge in [-0.15, -0.1) is 11.3 Å². The number of thiophene rings is 1. The third-order valence-corrected chi connectivity index (χ3v) is 3.93. The smallest absolute Gasteiger partial charge is 0.331 e. The predicted molar refractivity (Wildman–Crippen MR) is 68.5 cm³/mol. The number of nitrogens with one attached hydrogen (secondary N) is 2. The lowest BCUT2D eigenvalue weighted by molar-refractivity contribution is -0.142. The van der Waals surface area contributed by atoms with Gasteiger partial charge in [0.15, 0.2) is 6.04 Å². The van der Waals surface area contributed by atoms with E-state index >= 15 is 0 Å². The van der Waals surface area contributed by atoms with E-state index in [1.54, 1.807) is 17.5 Å². The summed E-state index contributed by atoms with van der Waals surface area (Å²) in [5.41, 5.74) is 0. The summed E-state index contributed by atoms with van der Waals surface area (Å²) in [4.78, 5) is 23.8. The Kier molecular flexibility index (Phi) is 4.33. The van der Waals surface area contributed by atoms with E-state index in [1.165, 1.54) is 11.3 Å². The molecule has 6 heteroatoms. The van der Waals surface area contributed by atoms with Crippen LogP contribution in [0.1, 0.15) is 30.2 Å². The highest BCUT2D eigenvalue weighted by molar-refractivity contribution is 7.10. The molecule has 3 N–H and O–H groups in total. The maximum atomic E-state index is 12.0. The van der Waals surface area contributed by atoms with Crippen LogP contribution in [0.25, 0.3) is 0 Å². The van der Waals surface area contributed by atoms with Gasteiger partial charge in [-0.05, 0) is 30.8 Å². The van der Waals surface area contributed by atoms with Gasteiger partial charge in [-0.1, -0.05) is 12.5 Å². The number of carboxylic acids is 1. The third kappa shape index (κ3) is 3.08. The van der Waals surface area contributed by atoms with Crippen LogP contribution in [-0.4, -0.2) is 29.6 Å². The molecule has 98 valence electrons. The fraction of sp³-hybridized carbons (Fsp3) is 0.500. The van der Waals surface area contributed by atoms with Crippen molar-refractivity contribution in [2.24, 2.45) is 0 Å². The summed E-state index contributed by atoms with van der Waals surface area (Å²) in [5.74, 6) is -1.25. The number of carboxylic acid groups (broad SMARTS) is 1. The first-order chi connectivity index (χ1) is 8.68. The van der Waals surface area contributed by atoms with E-state index in [4.69, 9.17) is 5.11 Å². The average molecular weight is 268 g/mol. The van der Waals surface area contributed by atoms with Gasteiger partial charge in [-0.25, -0.2) is 4.79 Å². The lowest BCUT2D eigenvalue weighted by Crippen LogP contribution is -2.48. The van der Waals surface area contributed by atoms with Crippen LogP contribution in [0.3, 0.4) is 0 Å². The van der Waals surface area contributed by atoms with Crippen molar-refractivity contribution in [3.8, 4) is 0 Å². The number of carbonyl (C=O) groups is 2. The third-order valence-electron chi connectivity index (χ3n) is 2.99. The molecule has 0 radical (unpaired) electrons. The monoisotopic (exact) mass is 268 g/mol. The molecule has 2 heterocycles. The fourth-order valence-electron chi connectivity index (χ4n) is 2.03. The number of piperidine rings is 1. The maximum Gasteiger partial charge on any atom is 0.331 e. The molecular formula is C12H16N2O3S. The molecule has 2 unspecified atom stereocenters. The van der Waals surface area contributed by atoms with Crippen molar-refractivity contribution in [2.75, 3.05) is 6.54 Å². The summed E-state index contributed by atoms with van der Waals surface area (Å²) < 4.78 is 0. The van der Waals surface area contributed by atoms with Crippen LogP contribution in [0, 0.1) is 0 Å². The lowest BCUT2D eigenvalue weighted by atomic mass is 10.0. The van der Waals surface area contributed by atoms with Gasteiger partial charge in [0, 0.05) is 4.88 Å². The second-order valence-corrected chi connectivity index (χ2v) is 5.28. The van der Waals surface area contributed by atoms with Gasteiger partial charge in [0.1, 0.15) is 0 Å². The first-order valence-corrected chi connectivity index (χ1v) is 6.86. The zero-order chi connectivity index (χ0) is 13.0. The van der Waals surface area contributed by atoms with Crippen molar-refractivity contribution >= 4 is 23.2 Å². The molecule has 0 aliphatic carbocycles. The largest absolute Gasteiger partial charge is 0.479 e. The Balaban J connectivity index is 2.00. The normalized spacial score (nSPS) is 21.2. The van der Waals surface area contributed by atoms with E-state index in [0.29, 0.717) is 4.88 Å². The maximum absolute atomic E-state index is 12.0. The summed E-state index contributed by atoms with van der Waals surface area (Å²) in [7, 11) is 0. The molecule has 0 bridgehead atoms. The number of carbonyl (C=O) groups excluding carboxylic acids is 1. The second-order valence-electron chi connectivity index (χ2n) is 4.30.